The van der Waals surface area contributed by atoms with Crippen molar-refractivity contribution >= 4 is 28.0 Å². The Kier molecular flexibility index (Phi) is 2.81. The fraction of sp³-hybridized carbons (Fsp3) is 0.385. The molecule has 1 saturated heterocycles. The monoisotopic (exact) mass is 246 g/mol. The fourth-order valence-electron chi connectivity index (χ4n) is 2.38. The molecule has 1 fully saturated rings. The molecule has 2 aromatic rings. The van der Waals surface area contributed by atoms with Gasteiger partial charge >= 0.3 is 0 Å². The lowest BCUT2D eigenvalue weighted by Gasteiger charge is -2.31. The van der Waals surface area contributed by atoms with Gasteiger partial charge in [-0.15, -0.1) is 11.3 Å². The van der Waals surface area contributed by atoms with Gasteiger partial charge in [-0.3, -0.25) is 4.79 Å². The Balaban J connectivity index is 1.98. The van der Waals surface area contributed by atoms with Gasteiger partial charge in [0.05, 0.1) is 16.3 Å². The molecule has 1 aromatic heterocycles. The van der Waals surface area contributed by atoms with E-state index >= 15 is 0 Å². The highest BCUT2D eigenvalue weighted by Crippen LogP contribution is 2.34. The third-order valence-corrected chi connectivity index (χ3v) is 4.41. The Labute approximate surface area is 104 Å². The number of carbonyl (C=O) groups is 1. The van der Waals surface area contributed by atoms with Crippen LogP contribution in [0.5, 0.6) is 0 Å². The molecule has 0 N–H and O–H groups in total. The van der Waals surface area contributed by atoms with E-state index in [1.54, 1.807) is 11.3 Å². The van der Waals surface area contributed by atoms with E-state index in [0.717, 1.165) is 36.3 Å². The van der Waals surface area contributed by atoms with Crippen LogP contribution in [0.15, 0.2) is 24.3 Å². The molecule has 88 valence electrons. The van der Waals surface area contributed by atoms with Gasteiger partial charge in [-0.1, -0.05) is 12.1 Å². The smallest absolute Gasteiger partial charge is 0.210 e. The van der Waals surface area contributed by atoms with Crippen LogP contribution >= 0.6 is 11.3 Å². The van der Waals surface area contributed by atoms with E-state index in [2.05, 4.69) is 11.1 Å². The zero-order chi connectivity index (χ0) is 11.7. The number of nitrogens with zero attached hydrogens (tertiary/aromatic N) is 2. The third-order valence-electron chi connectivity index (χ3n) is 3.28. The number of aromatic nitrogens is 1. The summed E-state index contributed by atoms with van der Waals surface area (Å²) in [5.74, 6) is 0. The molecule has 1 aliphatic heterocycles. The minimum atomic E-state index is 0.193. The lowest BCUT2D eigenvalue weighted by atomic mass is 10.0. The molecule has 0 aliphatic carbocycles. The van der Waals surface area contributed by atoms with E-state index in [0.29, 0.717) is 0 Å². The van der Waals surface area contributed by atoms with Gasteiger partial charge in [0, 0.05) is 6.54 Å². The van der Waals surface area contributed by atoms with Gasteiger partial charge in [0.15, 0.2) is 0 Å². The van der Waals surface area contributed by atoms with Crippen LogP contribution < -0.4 is 0 Å². The van der Waals surface area contributed by atoms with Gasteiger partial charge in [0.1, 0.15) is 5.01 Å². The molecule has 0 radical (unpaired) electrons. The Morgan fingerprint density at radius 2 is 2.24 bits per heavy atom. The Morgan fingerprint density at radius 1 is 1.35 bits per heavy atom. The molecule has 1 aromatic carbocycles. The number of carbonyl (C=O) groups excluding carboxylic acids is 1. The average Bonchev–Trinajstić information content (AvgIpc) is 2.82. The molecular weight excluding hydrogens is 232 g/mol. The lowest BCUT2D eigenvalue weighted by molar-refractivity contribution is -0.121. The summed E-state index contributed by atoms with van der Waals surface area (Å²) < 4.78 is 1.21. The maximum Gasteiger partial charge on any atom is 0.210 e. The molecule has 2 heterocycles. The molecule has 1 atom stereocenters. The van der Waals surface area contributed by atoms with Crippen LogP contribution in [0.2, 0.25) is 0 Å². The maximum absolute atomic E-state index is 11.1. The van der Waals surface area contributed by atoms with Crippen LogP contribution in [0.25, 0.3) is 10.2 Å². The number of amides is 1. The highest BCUT2D eigenvalue weighted by atomic mass is 32.1. The van der Waals surface area contributed by atoms with Crippen molar-refractivity contribution in [1.29, 1.82) is 0 Å². The Bertz CT molecular complexity index is 504. The number of rotatable bonds is 2. The van der Waals surface area contributed by atoms with Crippen molar-refractivity contribution in [3.63, 3.8) is 0 Å². The first-order valence-corrected chi connectivity index (χ1v) is 6.76. The first kappa shape index (κ1) is 10.7. The molecule has 1 amide bonds. The lowest BCUT2D eigenvalue weighted by Crippen LogP contribution is -2.31. The summed E-state index contributed by atoms with van der Waals surface area (Å²) in [6.45, 7) is 0.865. The molecule has 4 heteroatoms. The van der Waals surface area contributed by atoms with Crippen molar-refractivity contribution in [2.45, 2.75) is 25.3 Å². The summed E-state index contributed by atoms with van der Waals surface area (Å²) in [6, 6.07) is 8.35. The van der Waals surface area contributed by atoms with Gasteiger partial charge in [0.2, 0.25) is 6.41 Å². The molecule has 0 spiro atoms. The highest BCUT2D eigenvalue weighted by molar-refractivity contribution is 7.18. The largest absolute Gasteiger partial charge is 0.336 e. The normalized spacial score (nSPS) is 20.7. The zero-order valence-corrected chi connectivity index (χ0v) is 10.3. The van der Waals surface area contributed by atoms with Crippen LogP contribution in [-0.4, -0.2) is 22.8 Å². The molecule has 3 rings (SSSR count). The first-order valence-electron chi connectivity index (χ1n) is 5.95. The van der Waals surface area contributed by atoms with Crippen molar-refractivity contribution < 1.29 is 4.79 Å². The van der Waals surface area contributed by atoms with Crippen molar-refractivity contribution in [3.8, 4) is 0 Å². The number of piperidine rings is 1. The predicted octanol–water partition coefficient (Wildman–Crippen LogP) is 2.98. The third kappa shape index (κ3) is 1.93. The summed E-state index contributed by atoms with van der Waals surface area (Å²) in [6.07, 6.45) is 4.31. The number of hydrogen-bond acceptors (Lipinski definition) is 3. The average molecular weight is 246 g/mol. The molecule has 3 nitrogen and oxygen atoms in total. The summed E-state index contributed by atoms with van der Waals surface area (Å²) in [7, 11) is 0. The van der Waals surface area contributed by atoms with Crippen LogP contribution in [0.1, 0.15) is 30.3 Å². The number of likely N-dealkylation sites (tertiary alicyclic amines) is 1. The topological polar surface area (TPSA) is 33.2 Å². The van der Waals surface area contributed by atoms with Gasteiger partial charge in [0.25, 0.3) is 0 Å². The second-order valence-corrected chi connectivity index (χ2v) is 5.44. The fourth-order valence-corrected chi connectivity index (χ4v) is 3.50. The van der Waals surface area contributed by atoms with Gasteiger partial charge in [-0.2, -0.15) is 0 Å². The molecule has 0 unspecified atom stereocenters. The van der Waals surface area contributed by atoms with Crippen LogP contribution in [0.4, 0.5) is 0 Å². The molecule has 0 saturated carbocycles. The van der Waals surface area contributed by atoms with Crippen molar-refractivity contribution in [1.82, 2.24) is 9.88 Å². The van der Waals surface area contributed by atoms with E-state index in [9.17, 15) is 4.79 Å². The van der Waals surface area contributed by atoms with Crippen LogP contribution in [-0.2, 0) is 4.79 Å². The standard InChI is InChI=1S/C13H14N2OS/c16-9-15-8-4-3-6-11(15)13-14-10-5-1-2-7-12(10)17-13/h1-2,5,7,9,11H,3-4,6,8H2/t11-/m0/s1. The molecule has 0 bridgehead atoms. The second-order valence-electron chi connectivity index (χ2n) is 4.37. The molecule has 17 heavy (non-hydrogen) atoms. The minimum absolute atomic E-state index is 0.193. The van der Waals surface area contributed by atoms with Crippen molar-refractivity contribution in [2.75, 3.05) is 6.54 Å². The zero-order valence-electron chi connectivity index (χ0n) is 9.50. The van der Waals surface area contributed by atoms with Gasteiger partial charge < -0.3 is 4.90 Å². The quantitative estimate of drug-likeness (QED) is 0.763. The summed E-state index contributed by atoms with van der Waals surface area (Å²) in [5.41, 5.74) is 1.05. The van der Waals surface area contributed by atoms with E-state index in [4.69, 9.17) is 0 Å². The maximum atomic E-state index is 11.1. The Morgan fingerprint density at radius 3 is 3.06 bits per heavy atom. The van der Waals surface area contributed by atoms with Crippen LogP contribution in [0, 0.1) is 0 Å². The number of thiazole rings is 1. The van der Waals surface area contributed by atoms with E-state index in [1.807, 2.05) is 23.1 Å². The summed E-state index contributed by atoms with van der Waals surface area (Å²) in [4.78, 5) is 17.6. The van der Waals surface area contributed by atoms with E-state index < -0.39 is 0 Å². The summed E-state index contributed by atoms with van der Waals surface area (Å²) in [5, 5.41) is 1.08. The van der Waals surface area contributed by atoms with Gasteiger partial charge in [-0.05, 0) is 31.4 Å². The van der Waals surface area contributed by atoms with E-state index in [-0.39, 0.29) is 6.04 Å². The molecular formula is C13H14N2OS. The SMILES string of the molecule is O=CN1CCCC[C@H]1c1nc2ccccc2s1. The number of para-hydroxylation sites is 1. The minimum Gasteiger partial charge on any atom is -0.336 e. The van der Waals surface area contributed by atoms with Crippen LogP contribution in [0.3, 0.4) is 0 Å². The van der Waals surface area contributed by atoms with E-state index in [1.165, 1.54) is 11.1 Å². The molecule has 1 aliphatic rings. The van der Waals surface area contributed by atoms with Crippen molar-refractivity contribution in [3.05, 3.63) is 29.3 Å². The number of hydrogen-bond donors (Lipinski definition) is 0. The Hall–Kier alpha value is -1.42. The van der Waals surface area contributed by atoms with Gasteiger partial charge in [-0.25, -0.2) is 4.98 Å². The number of benzene rings is 1. The highest BCUT2D eigenvalue weighted by Gasteiger charge is 2.25. The first-order chi connectivity index (χ1) is 8.38. The predicted molar refractivity (Wildman–Crippen MR) is 69.0 cm³/mol. The van der Waals surface area contributed by atoms with Crippen molar-refractivity contribution in [2.24, 2.45) is 0 Å². The summed E-state index contributed by atoms with van der Waals surface area (Å²) >= 11 is 1.71. The second kappa shape index (κ2) is 4.45. The number of fused-ring (bicyclic) bond motifs is 1.